The van der Waals surface area contributed by atoms with Crippen molar-refractivity contribution in [2.45, 2.75) is 30.5 Å². The predicted octanol–water partition coefficient (Wildman–Crippen LogP) is 3.01. The number of amides is 1. The van der Waals surface area contributed by atoms with Crippen molar-refractivity contribution >= 4 is 17.2 Å². The summed E-state index contributed by atoms with van der Waals surface area (Å²) in [7, 11) is 0. The van der Waals surface area contributed by atoms with Crippen LogP contribution < -0.4 is 10.1 Å². The van der Waals surface area contributed by atoms with Crippen LogP contribution in [0, 0.1) is 0 Å². The molecule has 27 heavy (non-hydrogen) atoms. The lowest BCUT2D eigenvalue weighted by Crippen LogP contribution is -2.59. The third kappa shape index (κ3) is 3.91. The van der Waals surface area contributed by atoms with Gasteiger partial charge >= 0.3 is 6.18 Å². The van der Waals surface area contributed by atoms with E-state index in [0.717, 1.165) is 12.8 Å². The predicted molar refractivity (Wildman–Crippen MR) is 89.8 cm³/mol. The normalized spacial score (nSPS) is 18.6. The van der Waals surface area contributed by atoms with Crippen molar-refractivity contribution in [3.8, 4) is 5.88 Å². The van der Waals surface area contributed by atoms with Crippen LogP contribution in [0.4, 0.5) is 13.2 Å². The summed E-state index contributed by atoms with van der Waals surface area (Å²) >= 11 is 1.40. The zero-order valence-electron chi connectivity index (χ0n) is 14.1. The fourth-order valence-corrected chi connectivity index (χ4v) is 3.61. The molecule has 1 N–H and O–H groups in total. The van der Waals surface area contributed by atoms with Crippen LogP contribution in [0.1, 0.15) is 39.8 Å². The van der Waals surface area contributed by atoms with Gasteiger partial charge in [0.05, 0.1) is 13.2 Å². The van der Waals surface area contributed by atoms with Gasteiger partial charge in [-0.25, -0.2) is 9.97 Å². The van der Waals surface area contributed by atoms with E-state index in [9.17, 15) is 18.0 Å². The number of hydrogen-bond acceptors (Lipinski definition) is 6. The quantitative estimate of drug-likeness (QED) is 0.809. The zero-order valence-corrected chi connectivity index (χ0v) is 14.9. The molecule has 3 heterocycles. The molecular weight excluding hydrogens is 383 g/mol. The van der Waals surface area contributed by atoms with Gasteiger partial charge in [-0.1, -0.05) is 6.07 Å². The van der Waals surface area contributed by atoms with Crippen molar-refractivity contribution in [2.24, 2.45) is 0 Å². The molecule has 2 fully saturated rings. The van der Waals surface area contributed by atoms with Crippen LogP contribution >= 0.6 is 11.3 Å². The summed E-state index contributed by atoms with van der Waals surface area (Å²) in [5, 5.41) is 5.37. The van der Waals surface area contributed by atoms with E-state index in [1.165, 1.54) is 17.4 Å². The summed E-state index contributed by atoms with van der Waals surface area (Å²) in [5.41, 5.74) is -0.119. The Hall–Kier alpha value is -2.20. The van der Waals surface area contributed by atoms with Crippen molar-refractivity contribution in [1.29, 1.82) is 0 Å². The first-order chi connectivity index (χ1) is 12.9. The average molecular weight is 399 g/mol. The molecule has 1 saturated heterocycles. The molecular formula is C17H16F3N3O3S. The lowest BCUT2D eigenvalue weighted by Gasteiger charge is -2.40. The van der Waals surface area contributed by atoms with Gasteiger partial charge in [0, 0.05) is 17.1 Å². The number of ether oxygens (including phenoxy) is 2. The van der Waals surface area contributed by atoms with Gasteiger partial charge in [-0.15, -0.1) is 11.3 Å². The lowest BCUT2D eigenvalue weighted by molar-refractivity contribution is -0.154. The largest absolute Gasteiger partial charge is 0.468 e. The molecule has 0 atom stereocenters. The van der Waals surface area contributed by atoms with Gasteiger partial charge in [0.15, 0.2) is 6.61 Å². The Morgan fingerprint density at radius 3 is 2.70 bits per heavy atom. The van der Waals surface area contributed by atoms with E-state index < -0.39 is 24.2 Å². The standard InChI is InChI=1S/C17H16F3N3O3S/c18-17(19,20)9-26-14-11(10-1-2-10)3-4-12(22-14)13(24)23-16(7-25-8-16)15-21-5-6-27-15/h3-6,10H,1-2,7-9H2,(H,23,24). The van der Waals surface area contributed by atoms with Crippen molar-refractivity contribution in [3.63, 3.8) is 0 Å². The van der Waals surface area contributed by atoms with Crippen molar-refractivity contribution in [2.75, 3.05) is 19.8 Å². The van der Waals surface area contributed by atoms with Gasteiger partial charge in [0.1, 0.15) is 16.2 Å². The highest BCUT2D eigenvalue weighted by molar-refractivity contribution is 7.09. The SMILES string of the molecule is O=C(NC1(c2nccs2)COC1)c1ccc(C2CC2)c(OCC(F)(F)F)n1. The molecule has 1 aliphatic heterocycles. The maximum atomic E-state index is 12.7. The first kappa shape index (κ1) is 18.2. The monoisotopic (exact) mass is 399 g/mol. The molecule has 1 aliphatic carbocycles. The molecule has 6 nitrogen and oxygen atoms in total. The third-order valence-corrected chi connectivity index (χ3v) is 5.38. The van der Waals surface area contributed by atoms with Crippen molar-refractivity contribution in [3.05, 3.63) is 40.0 Å². The van der Waals surface area contributed by atoms with E-state index in [1.807, 2.05) is 0 Å². The fraction of sp³-hybridized carbons (Fsp3) is 0.471. The molecule has 0 radical (unpaired) electrons. The van der Waals surface area contributed by atoms with E-state index in [-0.39, 0.29) is 30.7 Å². The molecule has 4 rings (SSSR count). The summed E-state index contributed by atoms with van der Waals surface area (Å²) in [6, 6.07) is 3.14. The molecule has 0 spiro atoms. The first-order valence-corrected chi connectivity index (χ1v) is 9.25. The lowest BCUT2D eigenvalue weighted by atomic mass is 9.98. The molecule has 0 aromatic carbocycles. The van der Waals surface area contributed by atoms with Crippen LogP contribution in [0.2, 0.25) is 0 Å². The Labute approximate surface area is 156 Å². The highest BCUT2D eigenvalue weighted by atomic mass is 32.1. The Bertz CT molecular complexity index is 834. The number of hydrogen-bond donors (Lipinski definition) is 1. The second-order valence-electron chi connectivity index (χ2n) is 6.64. The molecule has 0 unspecified atom stereocenters. The minimum atomic E-state index is -4.47. The number of carbonyl (C=O) groups excluding carboxylic acids is 1. The second-order valence-corrected chi connectivity index (χ2v) is 7.53. The van der Waals surface area contributed by atoms with Crippen molar-refractivity contribution in [1.82, 2.24) is 15.3 Å². The molecule has 2 aromatic heterocycles. The topological polar surface area (TPSA) is 73.3 Å². The van der Waals surface area contributed by atoms with Gasteiger partial charge in [0.25, 0.3) is 5.91 Å². The molecule has 2 aromatic rings. The van der Waals surface area contributed by atoms with Crippen LogP contribution in [0.25, 0.3) is 0 Å². The highest BCUT2D eigenvalue weighted by Gasteiger charge is 2.44. The van der Waals surface area contributed by atoms with E-state index in [4.69, 9.17) is 9.47 Å². The smallest absolute Gasteiger partial charge is 0.422 e. The van der Waals surface area contributed by atoms with Gasteiger partial charge < -0.3 is 14.8 Å². The number of halogens is 3. The summed E-state index contributed by atoms with van der Waals surface area (Å²) in [6.45, 7) is -0.880. The maximum Gasteiger partial charge on any atom is 0.422 e. The van der Waals surface area contributed by atoms with E-state index in [2.05, 4.69) is 15.3 Å². The molecule has 2 aliphatic rings. The van der Waals surface area contributed by atoms with E-state index >= 15 is 0 Å². The molecule has 10 heteroatoms. The summed E-state index contributed by atoms with van der Waals surface area (Å²) in [5.74, 6) is -0.497. The Morgan fingerprint density at radius 1 is 1.37 bits per heavy atom. The van der Waals surface area contributed by atoms with E-state index in [1.54, 1.807) is 17.6 Å². The van der Waals surface area contributed by atoms with Crippen LogP contribution in [0.15, 0.2) is 23.7 Å². The van der Waals surface area contributed by atoms with Crippen LogP contribution in [-0.4, -0.2) is 41.9 Å². The minimum absolute atomic E-state index is 0.000550. The Kier molecular flexibility index (Phi) is 4.55. The third-order valence-electron chi connectivity index (χ3n) is 4.40. The summed E-state index contributed by atoms with van der Waals surface area (Å²) in [4.78, 5) is 21.0. The summed E-state index contributed by atoms with van der Waals surface area (Å²) in [6.07, 6.45) is -1.09. The highest BCUT2D eigenvalue weighted by Crippen LogP contribution is 2.44. The van der Waals surface area contributed by atoms with Crippen LogP contribution in [-0.2, 0) is 10.3 Å². The fourth-order valence-electron chi connectivity index (χ4n) is 2.84. The number of nitrogens with one attached hydrogen (secondary N) is 1. The number of nitrogens with zero attached hydrogens (tertiary/aromatic N) is 2. The van der Waals surface area contributed by atoms with E-state index in [0.29, 0.717) is 10.6 Å². The van der Waals surface area contributed by atoms with Crippen molar-refractivity contribution < 1.29 is 27.4 Å². The molecule has 0 bridgehead atoms. The molecule has 1 saturated carbocycles. The second kappa shape index (κ2) is 6.75. The van der Waals surface area contributed by atoms with Gasteiger partial charge in [-0.05, 0) is 24.8 Å². The number of thiazole rings is 1. The van der Waals surface area contributed by atoms with Gasteiger partial charge in [-0.2, -0.15) is 13.2 Å². The minimum Gasteiger partial charge on any atom is -0.468 e. The number of rotatable bonds is 6. The van der Waals surface area contributed by atoms with Gasteiger partial charge in [0.2, 0.25) is 5.88 Å². The first-order valence-electron chi connectivity index (χ1n) is 8.37. The number of carbonyl (C=O) groups is 1. The maximum absolute atomic E-state index is 12.7. The number of alkyl halides is 3. The Balaban J connectivity index is 1.55. The van der Waals surface area contributed by atoms with Gasteiger partial charge in [-0.3, -0.25) is 4.79 Å². The average Bonchev–Trinajstić information content (AvgIpc) is 3.29. The molecule has 1 amide bonds. The molecule has 144 valence electrons. The zero-order chi connectivity index (χ0) is 19.1. The summed E-state index contributed by atoms with van der Waals surface area (Å²) < 4.78 is 47.7. The number of aromatic nitrogens is 2. The van der Waals surface area contributed by atoms with Crippen LogP contribution in [0.5, 0.6) is 5.88 Å². The Morgan fingerprint density at radius 2 is 2.15 bits per heavy atom. The number of pyridine rings is 1. The van der Waals surface area contributed by atoms with Crippen LogP contribution in [0.3, 0.4) is 0 Å².